The Balaban J connectivity index is 0.00000162. The van der Waals surface area contributed by atoms with Gasteiger partial charge in [-0.05, 0) is 12.8 Å². The number of rotatable bonds is 2. The average molecular weight is 281 g/mol. The Kier molecular flexibility index (Phi) is 5.92. The van der Waals surface area contributed by atoms with E-state index in [9.17, 15) is 17.7 Å². The van der Waals surface area contributed by atoms with Crippen LogP contribution in [0.15, 0.2) is 24.3 Å². The van der Waals surface area contributed by atoms with Crippen LogP contribution in [-0.2, 0) is 0 Å². The maximum absolute atomic E-state index is 12.4. The van der Waals surface area contributed by atoms with E-state index in [-0.39, 0.29) is 57.3 Å². The summed E-state index contributed by atoms with van der Waals surface area (Å²) < 4.78 is 37.2. The SMILES string of the molecule is O=C(c1ccc([B-](F)(F)F)cc1)N1CCCC1.[K+]. The van der Waals surface area contributed by atoms with E-state index in [1.54, 1.807) is 4.90 Å². The molecule has 0 unspecified atom stereocenters. The molecule has 92 valence electrons. The Hall–Kier alpha value is 0.181. The molecular formula is C11H12BF3KNO. The molecule has 1 aliphatic heterocycles. The zero-order valence-electron chi connectivity index (χ0n) is 10.2. The summed E-state index contributed by atoms with van der Waals surface area (Å²) in [7, 11) is 0. The Morgan fingerprint density at radius 1 is 1.06 bits per heavy atom. The summed E-state index contributed by atoms with van der Waals surface area (Å²) in [5.41, 5.74) is -0.335. The second-order valence-electron chi connectivity index (χ2n) is 4.20. The third-order valence-corrected chi connectivity index (χ3v) is 2.93. The molecule has 2 rings (SSSR count). The van der Waals surface area contributed by atoms with E-state index >= 15 is 0 Å². The van der Waals surface area contributed by atoms with Crippen molar-refractivity contribution in [2.24, 2.45) is 0 Å². The first-order valence-corrected chi connectivity index (χ1v) is 5.57. The zero-order chi connectivity index (χ0) is 12.5. The minimum absolute atomic E-state index is 0. The van der Waals surface area contributed by atoms with Crippen LogP contribution in [0.2, 0.25) is 0 Å². The third kappa shape index (κ3) is 3.84. The average Bonchev–Trinajstić information content (AvgIpc) is 2.80. The molecular weight excluding hydrogens is 269 g/mol. The fourth-order valence-electron chi connectivity index (χ4n) is 1.95. The van der Waals surface area contributed by atoms with Gasteiger partial charge in [-0.3, -0.25) is 4.79 Å². The molecule has 1 aromatic carbocycles. The van der Waals surface area contributed by atoms with Gasteiger partial charge in [-0.2, -0.15) is 0 Å². The van der Waals surface area contributed by atoms with Crippen LogP contribution in [0.5, 0.6) is 0 Å². The molecule has 0 saturated carbocycles. The molecule has 0 bridgehead atoms. The van der Waals surface area contributed by atoms with Crippen LogP contribution in [0.25, 0.3) is 0 Å². The number of carbonyl (C=O) groups is 1. The number of hydrogen-bond acceptors (Lipinski definition) is 1. The van der Waals surface area contributed by atoms with Crippen LogP contribution in [0, 0.1) is 0 Å². The maximum atomic E-state index is 12.4. The summed E-state index contributed by atoms with van der Waals surface area (Å²) in [4.78, 5) is 13.5. The second-order valence-corrected chi connectivity index (χ2v) is 4.20. The number of carbonyl (C=O) groups excluding carboxylic acids is 1. The van der Waals surface area contributed by atoms with Gasteiger partial charge in [-0.15, -0.1) is 5.46 Å². The van der Waals surface area contributed by atoms with Gasteiger partial charge in [0.1, 0.15) is 0 Å². The van der Waals surface area contributed by atoms with Crippen molar-refractivity contribution in [3.05, 3.63) is 29.8 Å². The molecule has 18 heavy (non-hydrogen) atoms. The summed E-state index contributed by atoms with van der Waals surface area (Å²) in [5, 5.41) is 0. The monoisotopic (exact) mass is 281 g/mol. The van der Waals surface area contributed by atoms with E-state index in [4.69, 9.17) is 0 Å². The fraction of sp³-hybridized carbons (Fsp3) is 0.364. The van der Waals surface area contributed by atoms with Gasteiger partial charge in [-0.25, -0.2) is 0 Å². The van der Waals surface area contributed by atoms with Crippen LogP contribution in [0.4, 0.5) is 12.9 Å². The first-order chi connectivity index (χ1) is 7.98. The predicted molar refractivity (Wildman–Crippen MR) is 60.3 cm³/mol. The van der Waals surface area contributed by atoms with E-state index < -0.39 is 12.4 Å². The van der Waals surface area contributed by atoms with Crippen LogP contribution < -0.4 is 56.8 Å². The predicted octanol–water partition coefficient (Wildman–Crippen LogP) is -1.02. The van der Waals surface area contributed by atoms with Crippen molar-refractivity contribution in [1.82, 2.24) is 4.90 Å². The number of likely N-dealkylation sites (tertiary alicyclic amines) is 1. The van der Waals surface area contributed by atoms with Gasteiger partial charge in [0.25, 0.3) is 5.91 Å². The molecule has 1 amide bonds. The molecule has 1 heterocycles. The zero-order valence-corrected chi connectivity index (χ0v) is 13.3. The molecule has 1 fully saturated rings. The molecule has 7 heteroatoms. The first kappa shape index (κ1) is 16.2. The van der Waals surface area contributed by atoms with E-state index in [0.29, 0.717) is 18.7 Å². The topological polar surface area (TPSA) is 20.3 Å². The Morgan fingerprint density at radius 2 is 1.56 bits per heavy atom. The molecule has 1 saturated heterocycles. The molecule has 0 aliphatic carbocycles. The normalized spacial score (nSPS) is 15.4. The number of hydrogen-bond donors (Lipinski definition) is 0. The molecule has 1 aliphatic rings. The van der Waals surface area contributed by atoms with E-state index in [1.165, 1.54) is 12.1 Å². The third-order valence-electron chi connectivity index (χ3n) is 2.93. The Morgan fingerprint density at radius 3 is 2.00 bits per heavy atom. The summed E-state index contributed by atoms with van der Waals surface area (Å²) in [6, 6.07) is 4.46. The number of amides is 1. The summed E-state index contributed by atoms with van der Waals surface area (Å²) in [6.07, 6.45) is 1.94. The van der Waals surface area contributed by atoms with Crippen LogP contribution in [0.3, 0.4) is 0 Å². The van der Waals surface area contributed by atoms with Gasteiger partial charge in [0.05, 0.1) is 0 Å². The van der Waals surface area contributed by atoms with Crippen molar-refractivity contribution in [3.63, 3.8) is 0 Å². The van der Waals surface area contributed by atoms with Gasteiger partial charge in [0.15, 0.2) is 0 Å². The van der Waals surface area contributed by atoms with Crippen molar-refractivity contribution in [2.75, 3.05) is 13.1 Å². The second kappa shape index (κ2) is 6.56. The molecule has 0 atom stereocenters. The van der Waals surface area contributed by atoms with Crippen LogP contribution >= 0.6 is 0 Å². The fourth-order valence-corrected chi connectivity index (χ4v) is 1.95. The summed E-state index contributed by atoms with van der Waals surface area (Å²) in [6.45, 7) is -3.58. The first-order valence-electron chi connectivity index (χ1n) is 5.57. The van der Waals surface area contributed by atoms with Crippen molar-refractivity contribution in [1.29, 1.82) is 0 Å². The summed E-state index contributed by atoms with van der Waals surface area (Å²) in [5.74, 6) is -0.177. The molecule has 0 N–H and O–H groups in total. The van der Waals surface area contributed by atoms with Crippen molar-refractivity contribution in [2.45, 2.75) is 12.8 Å². The number of benzene rings is 1. The number of halogens is 3. The van der Waals surface area contributed by atoms with Gasteiger partial charge >= 0.3 is 58.4 Å². The maximum Gasteiger partial charge on any atom is 1.00 e. The minimum Gasteiger partial charge on any atom is -0.445 e. The van der Waals surface area contributed by atoms with Gasteiger partial charge in [0.2, 0.25) is 0 Å². The molecule has 0 radical (unpaired) electrons. The van der Waals surface area contributed by atoms with Crippen LogP contribution in [0.1, 0.15) is 23.2 Å². The smallest absolute Gasteiger partial charge is 0.445 e. The largest absolute Gasteiger partial charge is 1.00 e. The van der Waals surface area contributed by atoms with E-state index in [1.807, 2.05) is 0 Å². The van der Waals surface area contributed by atoms with Crippen molar-refractivity contribution < 1.29 is 69.1 Å². The quantitative estimate of drug-likeness (QED) is 0.636. The molecule has 1 aromatic rings. The van der Waals surface area contributed by atoms with Crippen molar-refractivity contribution in [3.8, 4) is 0 Å². The number of nitrogens with zero attached hydrogens (tertiary/aromatic N) is 1. The summed E-state index contributed by atoms with van der Waals surface area (Å²) >= 11 is 0. The van der Waals surface area contributed by atoms with E-state index in [2.05, 4.69) is 0 Å². The van der Waals surface area contributed by atoms with E-state index in [0.717, 1.165) is 25.0 Å². The van der Waals surface area contributed by atoms with Gasteiger partial charge < -0.3 is 17.8 Å². The van der Waals surface area contributed by atoms with Gasteiger partial charge in [-0.1, -0.05) is 24.3 Å². The Labute approximate surface area is 146 Å². The molecule has 0 aromatic heterocycles. The van der Waals surface area contributed by atoms with Crippen LogP contribution in [-0.4, -0.2) is 30.9 Å². The standard InChI is InChI=1S/C11H12BF3NO.K/c13-12(14,15)10-5-3-9(4-6-10)11(17)16-7-1-2-8-16;/h3-6H,1-2,7-8H2;/q-1;+1. The molecule has 0 spiro atoms. The Bertz CT molecular complexity index is 415. The van der Waals surface area contributed by atoms with Crippen molar-refractivity contribution >= 4 is 18.3 Å². The molecule has 2 nitrogen and oxygen atoms in total. The van der Waals surface area contributed by atoms with Gasteiger partial charge in [0, 0.05) is 18.7 Å². The minimum atomic E-state index is -4.98.